The molecule has 0 aliphatic carbocycles. The average molecular weight is 312 g/mol. The van der Waals surface area contributed by atoms with Crippen LogP contribution in [0.15, 0.2) is 24.4 Å². The second-order valence-corrected chi connectivity index (χ2v) is 6.22. The molecule has 0 spiro atoms. The van der Waals surface area contributed by atoms with E-state index in [4.69, 9.17) is 0 Å². The molecule has 21 heavy (non-hydrogen) atoms. The van der Waals surface area contributed by atoms with Crippen molar-refractivity contribution in [3.05, 3.63) is 30.1 Å². The predicted octanol–water partition coefficient (Wildman–Crippen LogP) is 2.33. The number of carbonyl (C=O) groups is 1. The molecule has 1 aliphatic rings. The van der Waals surface area contributed by atoms with Gasteiger partial charge in [0.1, 0.15) is 0 Å². The minimum absolute atomic E-state index is 0. The van der Waals surface area contributed by atoms with Crippen molar-refractivity contribution in [3.63, 3.8) is 0 Å². The number of amides is 1. The average Bonchev–Trinajstić information content (AvgIpc) is 2.44. The van der Waals surface area contributed by atoms with Crippen LogP contribution in [0.1, 0.15) is 38.8 Å². The lowest BCUT2D eigenvalue weighted by Gasteiger charge is -2.39. The van der Waals surface area contributed by atoms with E-state index >= 15 is 0 Å². The van der Waals surface area contributed by atoms with Gasteiger partial charge in [-0.1, -0.05) is 19.9 Å². The molecule has 5 heteroatoms. The molecule has 1 aromatic rings. The zero-order valence-electron chi connectivity index (χ0n) is 12.9. The van der Waals surface area contributed by atoms with E-state index in [0.29, 0.717) is 25.4 Å². The van der Waals surface area contributed by atoms with Crippen molar-refractivity contribution in [2.45, 2.75) is 45.6 Å². The fourth-order valence-electron chi connectivity index (χ4n) is 2.71. The third-order valence-corrected chi connectivity index (χ3v) is 4.17. The summed E-state index contributed by atoms with van der Waals surface area (Å²) in [5.74, 6) is 0.110. The zero-order chi connectivity index (χ0) is 14.4. The Morgan fingerprint density at radius 2 is 2.29 bits per heavy atom. The predicted molar refractivity (Wildman–Crippen MR) is 87.6 cm³/mol. The topological polar surface area (TPSA) is 54.0 Å². The number of piperidine rings is 1. The van der Waals surface area contributed by atoms with E-state index in [1.165, 1.54) is 12.8 Å². The molecule has 0 radical (unpaired) electrons. The number of halogens is 1. The molecule has 1 saturated heterocycles. The highest BCUT2D eigenvalue weighted by molar-refractivity contribution is 5.85. The fourth-order valence-corrected chi connectivity index (χ4v) is 2.71. The number of hydrogen-bond acceptors (Lipinski definition) is 3. The maximum absolute atomic E-state index is 11.9. The second kappa shape index (κ2) is 8.35. The molecule has 118 valence electrons. The third kappa shape index (κ3) is 5.64. The number of hydrogen-bond donors (Lipinski definition) is 2. The van der Waals surface area contributed by atoms with Crippen LogP contribution in [-0.4, -0.2) is 30.0 Å². The number of nitrogens with one attached hydrogen (secondary N) is 2. The van der Waals surface area contributed by atoms with Crippen LogP contribution in [0.4, 0.5) is 0 Å². The van der Waals surface area contributed by atoms with Crippen LogP contribution in [0.5, 0.6) is 0 Å². The summed E-state index contributed by atoms with van der Waals surface area (Å²) in [6.07, 6.45) is 5.41. The van der Waals surface area contributed by atoms with Gasteiger partial charge in [-0.05, 0) is 43.4 Å². The van der Waals surface area contributed by atoms with E-state index in [1.54, 1.807) is 6.20 Å². The standard InChI is InChI=1S/C16H25N3O.ClH/c1-16(2)9-5-11-18-14(16)12-19-15(20)8-7-13-6-3-4-10-17-13;/h3-4,6,10,14,18H,5,7-9,11-12H2,1-2H3,(H,19,20);1H. The fraction of sp³-hybridized carbons (Fsp3) is 0.625. The Hall–Kier alpha value is -1.13. The molecule has 4 nitrogen and oxygen atoms in total. The maximum Gasteiger partial charge on any atom is 0.220 e. The maximum atomic E-state index is 11.9. The van der Waals surface area contributed by atoms with Crippen molar-refractivity contribution in [2.75, 3.05) is 13.1 Å². The highest BCUT2D eigenvalue weighted by Crippen LogP contribution is 2.29. The second-order valence-electron chi connectivity index (χ2n) is 6.22. The van der Waals surface area contributed by atoms with Gasteiger partial charge in [0.05, 0.1) is 0 Å². The van der Waals surface area contributed by atoms with Crippen molar-refractivity contribution < 1.29 is 4.79 Å². The van der Waals surface area contributed by atoms with Gasteiger partial charge < -0.3 is 10.6 Å². The van der Waals surface area contributed by atoms with E-state index in [0.717, 1.165) is 12.2 Å². The molecule has 1 aliphatic heterocycles. The first-order chi connectivity index (χ1) is 9.58. The highest BCUT2D eigenvalue weighted by Gasteiger charge is 2.31. The SMILES string of the molecule is CC1(C)CCCNC1CNC(=O)CCc1ccccn1.Cl. The van der Waals surface area contributed by atoms with Crippen LogP contribution < -0.4 is 10.6 Å². The Labute approximate surface area is 133 Å². The van der Waals surface area contributed by atoms with Crippen LogP contribution in [0.25, 0.3) is 0 Å². The summed E-state index contributed by atoms with van der Waals surface area (Å²) in [5.41, 5.74) is 1.23. The summed E-state index contributed by atoms with van der Waals surface area (Å²) >= 11 is 0. The van der Waals surface area contributed by atoms with Crippen LogP contribution in [-0.2, 0) is 11.2 Å². The summed E-state index contributed by atoms with van der Waals surface area (Å²) in [6, 6.07) is 6.17. The lowest BCUT2D eigenvalue weighted by Crippen LogP contribution is -2.52. The van der Waals surface area contributed by atoms with Gasteiger partial charge in [-0.25, -0.2) is 0 Å². The summed E-state index contributed by atoms with van der Waals surface area (Å²) in [5, 5.41) is 6.56. The number of nitrogens with zero attached hydrogens (tertiary/aromatic N) is 1. The molecule has 0 aromatic carbocycles. The first-order valence-electron chi connectivity index (χ1n) is 7.48. The molecule has 1 atom stereocenters. The smallest absolute Gasteiger partial charge is 0.220 e. The Morgan fingerprint density at radius 1 is 1.48 bits per heavy atom. The van der Waals surface area contributed by atoms with E-state index in [-0.39, 0.29) is 23.7 Å². The normalized spacial score (nSPS) is 20.4. The molecule has 1 fully saturated rings. The summed E-state index contributed by atoms with van der Waals surface area (Å²) in [6.45, 7) is 6.31. The van der Waals surface area contributed by atoms with Gasteiger partial charge in [-0.3, -0.25) is 9.78 Å². The summed E-state index contributed by atoms with van der Waals surface area (Å²) < 4.78 is 0. The van der Waals surface area contributed by atoms with Crippen LogP contribution in [0, 0.1) is 5.41 Å². The molecular weight excluding hydrogens is 286 g/mol. The highest BCUT2D eigenvalue weighted by atomic mass is 35.5. The van der Waals surface area contributed by atoms with Crippen LogP contribution >= 0.6 is 12.4 Å². The monoisotopic (exact) mass is 311 g/mol. The van der Waals surface area contributed by atoms with Crippen molar-refractivity contribution >= 4 is 18.3 Å². The number of pyridine rings is 1. The molecule has 1 aromatic heterocycles. The zero-order valence-corrected chi connectivity index (χ0v) is 13.7. The van der Waals surface area contributed by atoms with Crippen LogP contribution in [0.3, 0.4) is 0 Å². The molecular formula is C16H26ClN3O. The van der Waals surface area contributed by atoms with Crippen molar-refractivity contribution in [2.24, 2.45) is 5.41 Å². The first kappa shape index (κ1) is 17.9. The molecule has 1 unspecified atom stereocenters. The largest absolute Gasteiger partial charge is 0.355 e. The number of aryl methyl sites for hydroxylation is 1. The third-order valence-electron chi connectivity index (χ3n) is 4.17. The van der Waals surface area contributed by atoms with Gasteiger partial charge in [0.15, 0.2) is 0 Å². The van der Waals surface area contributed by atoms with Crippen molar-refractivity contribution in [3.8, 4) is 0 Å². The van der Waals surface area contributed by atoms with E-state index in [9.17, 15) is 4.79 Å². The lowest BCUT2D eigenvalue weighted by atomic mass is 9.77. The van der Waals surface area contributed by atoms with Crippen molar-refractivity contribution in [1.82, 2.24) is 15.6 Å². The quantitative estimate of drug-likeness (QED) is 0.877. The Morgan fingerprint density at radius 3 is 2.95 bits per heavy atom. The Kier molecular flexibility index (Phi) is 7.12. The minimum atomic E-state index is 0. The molecule has 2 N–H and O–H groups in total. The van der Waals surface area contributed by atoms with Gasteiger partial charge >= 0.3 is 0 Å². The van der Waals surface area contributed by atoms with Gasteiger partial charge in [0, 0.05) is 30.9 Å². The van der Waals surface area contributed by atoms with E-state index in [1.807, 2.05) is 18.2 Å². The van der Waals surface area contributed by atoms with E-state index < -0.39 is 0 Å². The number of rotatable bonds is 5. The Bertz CT molecular complexity index is 436. The van der Waals surface area contributed by atoms with Gasteiger partial charge in [0.2, 0.25) is 5.91 Å². The van der Waals surface area contributed by atoms with Gasteiger partial charge in [-0.2, -0.15) is 0 Å². The Balaban J connectivity index is 0.00000220. The molecule has 2 heterocycles. The molecule has 1 amide bonds. The summed E-state index contributed by atoms with van der Waals surface area (Å²) in [7, 11) is 0. The van der Waals surface area contributed by atoms with Gasteiger partial charge in [0.25, 0.3) is 0 Å². The number of carbonyl (C=O) groups excluding carboxylic acids is 1. The molecule has 0 bridgehead atoms. The number of aromatic nitrogens is 1. The van der Waals surface area contributed by atoms with Gasteiger partial charge in [-0.15, -0.1) is 12.4 Å². The molecule has 0 saturated carbocycles. The van der Waals surface area contributed by atoms with Crippen LogP contribution in [0.2, 0.25) is 0 Å². The minimum Gasteiger partial charge on any atom is -0.355 e. The molecule has 2 rings (SSSR count). The first-order valence-corrected chi connectivity index (χ1v) is 7.48. The summed E-state index contributed by atoms with van der Waals surface area (Å²) in [4.78, 5) is 16.1. The van der Waals surface area contributed by atoms with Crippen molar-refractivity contribution in [1.29, 1.82) is 0 Å². The van der Waals surface area contributed by atoms with E-state index in [2.05, 4.69) is 29.5 Å². The lowest BCUT2D eigenvalue weighted by molar-refractivity contribution is -0.121.